The van der Waals surface area contributed by atoms with Crippen LogP contribution in [0, 0.1) is 0 Å². The molecule has 1 atom stereocenters. The van der Waals surface area contributed by atoms with E-state index in [1.165, 1.54) is 0 Å². The summed E-state index contributed by atoms with van der Waals surface area (Å²) >= 11 is 0. The third-order valence-corrected chi connectivity index (χ3v) is 4.41. The van der Waals surface area contributed by atoms with Gasteiger partial charge in [-0.15, -0.1) is 0 Å². The molecule has 25 heavy (non-hydrogen) atoms. The van der Waals surface area contributed by atoms with Crippen LogP contribution in [0.1, 0.15) is 38.7 Å². The van der Waals surface area contributed by atoms with E-state index in [2.05, 4.69) is 0 Å². The fourth-order valence-electron chi connectivity index (χ4n) is 2.87. The highest BCUT2D eigenvalue weighted by Gasteiger charge is 2.24. The molecular formula is C20H25NO4. The molecule has 2 rings (SSSR count). The zero-order valence-electron chi connectivity index (χ0n) is 15.2. The number of benzene rings is 2. The molecule has 0 fully saturated rings. The van der Waals surface area contributed by atoms with Crippen LogP contribution in [0.15, 0.2) is 36.4 Å². The predicted octanol–water partition coefficient (Wildman–Crippen LogP) is 3.66. The second-order valence-electron chi connectivity index (χ2n) is 6.46. The van der Waals surface area contributed by atoms with Crippen molar-refractivity contribution in [2.75, 3.05) is 13.7 Å². The van der Waals surface area contributed by atoms with Gasteiger partial charge < -0.3 is 14.7 Å². The standard InChI is InChI=1S/C20H25NO4/c1-13(2)21(10-9-19(22)23)20(24)14(3)15-5-6-17-12-18(25-4)8-7-16(17)11-15/h5-8,11-14H,9-10H2,1-4H3,(H,22,23). The van der Waals surface area contributed by atoms with Gasteiger partial charge in [0.2, 0.25) is 5.91 Å². The first kappa shape index (κ1) is 18.8. The molecule has 1 unspecified atom stereocenters. The zero-order valence-corrected chi connectivity index (χ0v) is 15.2. The van der Waals surface area contributed by atoms with E-state index in [0.717, 1.165) is 22.1 Å². The van der Waals surface area contributed by atoms with Gasteiger partial charge in [0.15, 0.2) is 0 Å². The number of aliphatic carboxylic acids is 1. The Balaban J connectivity index is 2.25. The maximum absolute atomic E-state index is 12.8. The van der Waals surface area contributed by atoms with Gasteiger partial charge in [0.05, 0.1) is 19.4 Å². The lowest BCUT2D eigenvalue weighted by atomic mass is 9.96. The van der Waals surface area contributed by atoms with Crippen LogP contribution in [0.3, 0.4) is 0 Å². The fourth-order valence-corrected chi connectivity index (χ4v) is 2.87. The maximum atomic E-state index is 12.8. The SMILES string of the molecule is COc1ccc2cc(C(C)C(=O)N(CCC(=O)O)C(C)C)ccc2c1. The summed E-state index contributed by atoms with van der Waals surface area (Å²) in [6, 6.07) is 11.7. The Hall–Kier alpha value is -2.56. The molecule has 134 valence electrons. The first-order valence-electron chi connectivity index (χ1n) is 8.43. The van der Waals surface area contributed by atoms with Crippen LogP contribution in [-0.4, -0.2) is 41.6 Å². The second-order valence-corrected chi connectivity index (χ2v) is 6.46. The maximum Gasteiger partial charge on any atom is 0.305 e. The van der Waals surface area contributed by atoms with Crippen LogP contribution >= 0.6 is 0 Å². The average Bonchev–Trinajstić information content (AvgIpc) is 2.59. The lowest BCUT2D eigenvalue weighted by Gasteiger charge is -2.29. The highest BCUT2D eigenvalue weighted by Crippen LogP contribution is 2.26. The first-order valence-corrected chi connectivity index (χ1v) is 8.43. The second kappa shape index (κ2) is 8.01. The predicted molar refractivity (Wildman–Crippen MR) is 98.0 cm³/mol. The Morgan fingerprint density at radius 1 is 1.08 bits per heavy atom. The molecule has 1 N–H and O–H groups in total. The molecule has 2 aromatic rings. The van der Waals surface area contributed by atoms with Crippen molar-refractivity contribution in [1.29, 1.82) is 0 Å². The number of carboxylic acids is 1. The van der Waals surface area contributed by atoms with Crippen molar-refractivity contribution in [2.45, 2.75) is 39.2 Å². The number of methoxy groups -OCH3 is 1. The third-order valence-electron chi connectivity index (χ3n) is 4.41. The summed E-state index contributed by atoms with van der Waals surface area (Å²) in [7, 11) is 1.63. The van der Waals surface area contributed by atoms with Crippen molar-refractivity contribution in [1.82, 2.24) is 4.90 Å². The molecule has 0 saturated heterocycles. The molecule has 0 aliphatic heterocycles. The largest absolute Gasteiger partial charge is 0.497 e. The van der Waals surface area contributed by atoms with Crippen LogP contribution in [0.5, 0.6) is 5.75 Å². The normalized spacial score (nSPS) is 12.2. The number of hydrogen-bond acceptors (Lipinski definition) is 3. The van der Waals surface area contributed by atoms with Crippen LogP contribution in [0.25, 0.3) is 10.8 Å². The summed E-state index contributed by atoms with van der Waals surface area (Å²) in [5.41, 5.74) is 0.920. The van der Waals surface area contributed by atoms with E-state index in [-0.39, 0.29) is 30.8 Å². The lowest BCUT2D eigenvalue weighted by molar-refractivity contribution is -0.139. The minimum Gasteiger partial charge on any atom is -0.497 e. The molecule has 0 bridgehead atoms. The van der Waals surface area contributed by atoms with E-state index in [4.69, 9.17) is 9.84 Å². The van der Waals surface area contributed by atoms with Crippen LogP contribution in [0.2, 0.25) is 0 Å². The van der Waals surface area contributed by atoms with Gasteiger partial charge in [0, 0.05) is 12.6 Å². The molecular weight excluding hydrogens is 318 g/mol. The van der Waals surface area contributed by atoms with Crippen LogP contribution in [0.4, 0.5) is 0 Å². The van der Waals surface area contributed by atoms with Gasteiger partial charge in [0.25, 0.3) is 0 Å². The molecule has 0 aliphatic rings. The van der Waals surface area contributed by atoms with Crippen molar-refractivity contribution < 1.29 is 19.4 Å². The van der Waals surface area contributed by atoms with Gasteiger partial charge in [-0.1, -0.05) is 24.3 Å². The molecule has 5 nitrogen and oxygen atoms in total. The smallest absolute Gasteiger partial charge is 0.305 e. The number of amides is 1. The number of nitrogens with zero attached hydrogens (tertiary/aromatic N) is 1. The Bertz CT molecular complexity index is 769. The Labute approximate surface area is 148 Å². The van der Waals surface area contributed by atoms with E-state index in [1.807, 2.05) is 57.2 Å². The quantitative estimate of drug-likeness (QED) is 0.833. The van der Waals surface area contributed by atoms with Crippen molar-refractivity contribution in [2.24, 2.45) is 0 Å². The third kappa shape index (κ3) is 4.50. The summed E-state index contributed by atoms with van der Waals surface area (Å²) < 4.78 is 5.23. The minimum atomic E-state index is -0.897. The van der Waals surface area contributed by atoms with E-state index in [0.29, 0.717) is 0 Å². The van der Waals surface area contributed by atoms with E-state index in [1.54, 1.807) is 12.0 Å². The van der Waals surface area contributed by atoms with Crippen molar-refractivity contribution in [3.63, 3.8) is 0 Å². The van der Waals surface area contributed by atoms with Crippen molar-refractivity contribution in [3.05, 3.63) is 42.0 Å². The monoisotopic (exact) mass is 343 g/mol. The fraction of sp³-hybridized carbons (Fsp3) is 0.400. The van der Waals surface area contributed by atoms with Gasteiger partial charge in [-0.25, -0.2) is 0 Å². The zero-order chi connectivity index (χ0) is 18.6. The van der Waals surface area contributed by atoms with Gasteiger partial charge in [-0.05, 0) is 49.2 Å². The minimum absolute atomic E-state index is 0.0426. The number of carboxylic acid groups (broad SMARTS) is 1. The van der Waals surface area contributed by atoms with Crippen molar-refractivity contribution in [3.8, 4) is 5.75 Å². The molecule has 0 spiro atoms. The number of rotatable bonds is 7. The molecule has 0 heterocycles. The van der Waals surface area contributed by atoms with Crippen molar-refractivity contribution >= 4 is 22.6 Å². The van der Waals surface area contributed by atoms with Gasteiger partial charge in [0.1, 0.15) is 5.75 Å². The number of hydrogen-bond donors (Lipinski definition) is 1. The summed E-state index contributed by atoms with van der Waals surface area (Å²) in [5.74, 6) is -0.485. The molecule has 5 heteroatoms. The number of ether oxygens (including phenoxy) is 1. The lowest BCUT2D eigenvalue weighted by Crippen LogP contribution is -2.40. The molecule has 0 aromatic heterocycles. The summed E-state index contributed by atoms with van der Waals surface area (Å²) in [6.45, 7) is 5.89. The highest BCUT2D eigenvalue weighted by atomic mass is 16.5. The van der Waals surface area contributed by atoms with Crippen LogP contribution in [-0.2, 0) is 9.59 Å². The number of carbonyl (C=O) groups is 2. The number of fused-ring (bicyclic) bond motifs is 1. The molecule has 0 saturated carbocycles. The van der Waals surface area contributed by atoms with Gasteiger partial charge >= 0.3 is 5.97 Å². The summed E-state index contributed by atoms with van der Waals surface area (Å²) in [5, 5.41) is 11.0. The Kier molecular flexibility index (Phi) is 6.02. The Morgan fingerprint density at radius 3 is 2.32 bits per heavy atom. The summed E-state index contributed by atoms with van der Waals surface area (Å²) in [4.78, 5) is 25.3. The average molecular weight is 343 g/mol. The van der Waals surface area contributed by atoms with E-state index < -0.39 is 5.97 Å². The van der Waals surface area contributed by atoms with Gasteiger partial charge in [-0.2, -0.15) is 0 Å². The van der Waals surface area contributed by atoms with E-state index in [9.17, 15) is 9.59 Å². The molecule has 2 aromatic carbocycles. The van der Waals surface area contributed by atoms with Crippen LogP contribution < -0.4 is 4.74 Å². The number of carbonyl (C=O) groups excluding carboxylic acids is 1. The Morgan fingerprint density at radius 2 is 1.72 bits per heavy atom. The molecule has 0 aliphatic carbocycles. The summed E-state index contributed by atoms with van der Waals surface area (Å²) in [6.07, 6.45) is -0.0475. The van der Waals surface area contributed by atoms with E-state index >= 15 is 0 Å². The molecule has 1 amide bonds. The first-order chi connectivity index (χ1) is 11.8. The topological polar surface area (TPSA) is 66.8 Å². The molecule has 0 radical (unpaired) electrons. The highest BCUT2D eigenvalue weighted by molar-refractivity contribution is 5.88. The van der Waals surface area contributed by atoms with Gasteiger partial charge in [-0.3, -0.25) is 9.59 Å².